The average molecular weight is 333 g/mol. The van der Waals surface area contributed by atoms with Crippen LogP contribution in [0.3, 0.4) is 0 Å². The zero-order valence-electron chi connectivity index (χ0n) is 14.9. The van der Waals surface area contributed by atoms with E-state index in [1.165, 1.54) is 30.4 Å². The fourth-order valence-corrected chi connectivity index (χ4v) is 3.21. The Morgan fingerprint density at radius 3 is 2.79 bits per heavy atom. The molecule has 0 aromatic heterocycles. The predicted octanol–water partition coefficient (Wildman–Crippen LogP) is 2.63. The quantitative estimate of drug-likeness (QED) is 0.719. The molecule has 2 atom stereocenters. The molecule has 5 heteroatoms. The standard InChI is InChI=1S/C19H31N3O2/c1-15(10-12-23)21-19(24)20-13-17-8-3-4-9-18(17)14-22-11-6-5-7-16(22)2/h3-4,8-9,15-16,23H,5-7,10-14H2,1-2H3,(H2,20,21,24)/t15-,16?/m1/s1. The van der Waals surface area contributed by atoms with E-state index in [-0.39, 0.29) is 18.7 Å². The zero-order valence-corrected chi connectivity index (χ0v) is 14.9. The number of carbonyl (C=O) groups is 1. The molecule has 1 aliphatic heterocycles. The van der Waals surface area contributed by atoms with E-state index < -0.39 is 0 Å². The molecule has 1 aromatic rings. The lowest BCUT2D eigenvalue weighted by Crippen LogP contribution is -2.41. The molecule has 1 heterocycles. The predicted molar refractivity (Wildman–Crippen MR) is 96.7 cm³/mol. The first-order chi connectivity index (χ1) is 11.6. The number of aliphatic hydroxyl groups is 1. The van der Waals surface area contributed by atoms with Gasteiger partial charge in [-0.05, 0) is 50.8 Å². The number of likely N-dealkylation sites (tertiary alicyclic amines) is 1. The van der Waals surface area contributed by atoms with Crippen molar-refractivity contribution in [3.05, 3.63) is 35.4 Å². The maximum Gasteiger partial charge on any atom is 0.315 e. The molecule has 5 nitrogen and oxygen atoms in total. The highest BCUT2D eigenvalue weighted by atomic mass is 16.3. The Kier molecular flexibility index (Phi) is 7.53. The molecular weight excluding hydrogens is 302 g/mol. The second-order valence-corrected chi connectivity index (χ2v) is 6.82. The van der Waals surface area contributed by atoms with Crippen LogP contribution in [0.5, 0.6) is 0 Å². The van der Waals surface area contributed by atoms with Gasteiger partial charge in [0.05, 0.1) is 0 Å². The number of hydrogen-bond donors (Lipinski definition) is 3. The maximum atomic E-state index is 11.9. The van der Waals surface area contributed by atoms with E-state index in [2.05, 4.69) is 40.7 Å². The zero-order chi connectivity index (χ0) is 17.4. The van der Waals surface area contributed by atoms with Gasteiger partial charge in [-0.15, -0.1) is 0 Å². The normalized spacial score (nSPS) is 19.7. The van der Waals surface area contributed by atoms with Gasteiger partial charge in [0.1, 0.15) is 0 Å². The Labute approximate surface area is 145 Å². The minimum absolute atomic E-state index is 0.0283. The number of aliphatic hydroxyl groups excluding tert-OH is 1. The SMILES string of the molecule is CC1CCCCN1Cc1ccccc1CNC(=O)N[C@H](C)CCO. The van der Waals surface area contributed by atoms with Crippen LogP contribution in [0, 0.1) is 0 Å². The van der Waals surface area contributed by atoms with Crippen molar-refractivity contribution in [1.29, 1.82) is 0 Å². The van der Waals surface area contributed by atoms with Crippen molar-refractivity contribution in [2.75, 3.05) is 13.2 Å². The molecule has 0 radical (unpaired) electrons. The summed E-state index contributed by atoms with van der Waals surface area (Å²) in [5.41, 5.74) is 2.45. The highest BCUT2D eigenvalue weighted by Crippen LogP contribution is 2.20. The molecule has 1 saturated heterocycles. The van der Waals surface area contributed by atoms with E-state index in [0.29, 0.717) is 19.0 Å². The van der Waals surface area contributed by atoms with Crippen molar-refractivity contribution in [3.63, 3.8) is 0 Å². The minimum atomic E-state index is -0.183. The fourth-order valence-electron chi connectivity index (χ4n) is 3.21. The monoisotopic (exact) mass is 333 g/mol. The number of hydrogen-bond acceptors (Lipinski definition) is 3. The molecule has 3 N–H and O–H groups in total. The van der Waals surface area contributed by atoms with Crippen LogP contribution in [0.1, 0.15) is 50.7 Å². The summed E-state index contributed by atoms with van der Waals surface area (Å²) in [6, 6.07) is 8.74. The fraction of sp³-hybridized carbons (Fsp3) is 0.632. The highest BCUT2D eigenvalue weighted by Gasteiger charge is 2.19. The van der Waals surface area contributed by atoms with Crippen molar-refractivity contribution < 1.29 is 9.90 Å². The summed E-state index contributed by atoms with van der Waals surface area (Å²) in [5, 5.41) is 14.7. The lowest BCUT2D eigenvalue weighted by molar-refractivity contribution is 0.152. The molecule has 1 fully saturated rings. The third-order valence-corrected chi connectivity index (χ3v) is 4.81. The molecule has 2 amide bonds. The summed E-state index contributed by atoms with van der Waals surface area (Å²) >= 11 is 0. The van der Waals surface area contributed by atoms with E-state index in [9.17, 15) is 4.79 Å². The Morgan fingerprint density at radius 1 is 1.33 bits per heavy atom. The minimum Gasteiger partial charge on any atom is -0.396 e. The van der Waals surface area contributed by atoms with E-state index in [1.54, 1.807) is 0 Å². The molecule has 0 aliphatic carbocycles. The lowest BCUT2D eigenvalue weighted by atomic mass is 10.0. The van der Waals surface area contributed by atoms with Gasteiger partial charge in [-0.2, -0.15) is 0 Å². The van der Waals surface area contributed by atoms with Crippen LogP contribution >= 0.6 is 0 Å². The maximum absolute atomic E-state index is 11.9. The van der Waals surface area contributed by atoms with Gasteiger partial charge < -0.3 is 15.7 Å². The van der Waals surface area contributed by atoms with E-state index in [4.69, 9.17) is 5.11 Å². The number of nitrogens with one attached hydrogen (secondary N) is 2. The van der Waals surface area contributed by atoms with Crippen LogP contribution in [-0.4, -0.2) is 41.3 Å². The molecule has 1 aromatic carbocycles. The van der Waals surface area contributed by atoms with Crippen LogP contribution in [0.15, 0.2) is 24.3 Å². The number of urea groups is 1. The summed E-state index contributed by atoms with van der Waals surface area (Å²) in [4.78, 5) is 14.5. The van der Waals surface area contributed by atoms with Crippen molar-refractivity contribution >= 4 is 6.03 Å². The number of piperidine rings is 1. The Balaban J connectivity index is 1.90. The third kappa shape index (κ3) is 5.80. The van der Waals surface area contributed by atoms with Gasteiger partial charge in [0.2, 0.25) is 0 Å². The van der Waals surface area contributed by atoms with Crippen molar-refractivity contribution in [2.45, 2.75) is 64.7 Å². The molecule has 24 heavy (non-hydrogen) atoms. The molecule has 1 aliphatic rings. The molecular formula is C19H31N3O2. The first-order valence-corrected chi connectivity index (χ1v) is 9.06. The van der Waals surface area contributed by atoms with E-state index >= 15 is 0 Å². The number of benzene rings is 1. The van der Waals surface area contributed by atoms with Crippen LogP contribution in [0.4, 0.5) is 4.79 Å². The number of rotatable bonds is 7. The van der Waals surface area contributed by atoms with Crippen LogP contribution < -0.4 is 10.6 Å². The summed E-state index contributed by atoms with van der Waals surface area (Å²) < 4.78 is 0. The smallest absolute Gasteiger partial charge is 0.315 e. The lowest BCUT2D eigenvalue weighted by Gasteiger charge is -2.33. The summed E-state index contributed by atoms with van der Waals surface area (Å²) in [6.45, 7) is 6.90. The van der Waals surface area contributed by atoms with Gasteiger partial charge in [-0.3, -0.25) is 4.90 Å². The second-order valence-electron chi connectivity index (χ2n) is 6.82. The molecule has 0 spiro atoms. The van der Waals surface area contributed by atoms with Gasteiger partial charge >= 0.3 is 6.03 Å². The van der Waals surface area contributed by atoms with Crippen molar-refractivity contribution in [1.82, 2.24) is 15.5 Å². The van der Waals surface area contributed by atoms with Crippen LogP contribution in [0.25, 0.3) is 0 Å². The first kappa shape index (κ1) is 18.7. The average Bonchev–Trinajstić information content (AvgIpc) is 2.56. The first-order valence-electron chi connectivity index (χ1n) is 9.06. The summed E-state index contributed by atoms with van der Waals surface area (Å²) in [6.07, 6.45) is 4.44. The van der Waals surface area contributed by atoms with Crippen molar-refractivity contribution in [3.8, 4) is 0 Å². The van der Waals surface area contributed by atoms with Crippen LogP contribution in [-0.2, 0) is 13.1 Å². The topological polar surface area (TPSA) is 64.6 Å². The van der Waals surface area contributed by atoms with Gasteiger partial charge in [0.15, 0.2) is 0 Å². The number of amides is 2. The largest absolute Gasteiger partial charge is 0.396 e. The second kappa shape index (κ2) is 9.64. The van der Waals surface area contributed by atoms with E-state index in [1.807, 2.05) is 13.0 Å². The van der Waals surface area contributed by atoms with Gasteiger partial charge in [0, 0.05) is 31.8 Å². The van der Waals surface area contributed by atoms with Crippen LogP contribution in [0.2, 0.25) is 0 Å². The van der Waals surface area contributed by atoms with Gasteiger partial charge in [-0.25, -0.2) is 4.79 Å². The third-order valence-electron chi connectivity index (χ3n) is 4.81. The number of carbonyl (C=O) groups excluding carboxylic acids is 1. The summed E-state index contributed by atoms with van der Waals surface area (Å²) in [7, 11) is 0. The molecule has 134 valence electrons. The molecule has 0 saturated carbocycles. The molecule has 0 bridgehead atoms. The summed E-state index contributed by atoms with van der Waals surface area (Å²) in [5.74, 6) is 0. The Bertz CT molecular complexity index is 521. The number of nitrogens with zero attached hydrogens (tertiary/aromatic N) is 1. The highest BCUT2D eigenvalue weighted by molar-refractivity contribution is 5.74. The van der Waals surface area contributed by atoms with Gasteiger partial charge in [0.25, 0.3) is 0 Å². The van der Waals surface area contributed by atoms with Gasteiger partial charge in [-0.1, -0.05) is 30.7 Å². The molecule has 1 unspecified atom stereocenters. The van der Waals surface area contributed by atoms with Crippen molar-refractivity contribution in [2.24, 2.45) is 0 Å². The molecule has 2 rings (SSSR count). The Morgan fingerprint density at radius 2 is 2.08 bits per heavy atom. The Hall–Kier alpha value is -1.59. The van der Waals surface area contributed by atoms with E-state index in [0.717, 1.165) is 13.1 Å².